The Hall–Kier alpha value is -6.52. The molecule has 10 aromatic rings. The van der Waals surface area contributed by atoms with Crippen molar-refractivity contribution in [2.24, 2.45) is 0 Å². The molecule has 3 aromatic heterocycles. The third-order valence-electron chi connectivity index (χ3n) is 8.50. The number of benzene rings is 7. The molecular formula is C44H28N4. The second kappa shape index (κ2) is 10.5. The lowest BCUT2D eigenvalue weighted by atomic mass is 10.0. The van der Waals surface area contributed by atoms with Gasteiger partial charge in [-0.2, -0.15) is 0 Å². The van der Waals surface area contributed by atoms with E-state index in [0.717, 1.165) is 15.7 Å². The molecule has 7 aromatic carbocycles. The van der Waals surface area contributed by atoms with Crippen LogP contribution in [0.25, 0.3) is 88.5 Å². The van der Waals surface area contributed by atoms with Crippen molar-refractivity contribution >= 4 is 54.5 Å². The van der Waals surface area contributed by atoms with Gasteiger partial charge in [-0.15, -0.1) is 0 Å². The number of hydrogen-bond donors (Lipinski definition) is 0. The van der Waals surface area contributed by atoms with Crippen molar-refractivity contribution in [2.75, 3.05) is 0 Å². The highest BCUT2D eigenvalue weighted by atomic mass is 15.2. The van der Waals surface area contributed by atoms with Gasteiger partial charge in [0.25, 0.3) is 0 Å². The fourth-order valence-electron chi connectivity index (χ4n) is 6.46. The van der Waals surface area contributed by atoms with E-state index in [0.29, 0.717) is 22.2 Å². The lowest BCUT2D eigenvalue weighted by Gasteiger charge is -2.13. The van der Waals surface area contributed by atoms with Crippen molar-refractivity contribution in [1.82, 2.24) is 19.1 Å². The molecule has 0 aliphatic rings. The molecule has 4 nitrogen and oxygen atoms in total. The Morgan fingerprint density at radius 3 is 1.71 bits per heavy atom. The van der Waals surface area contributed by atoms with Crippen LogP contribution in [0, 0.1) is 0 Å². The first-order valence-electron chi connectivity index (χ1n) is 22.5. The van der Waals surface area contributed by atoms with Crippen LogP contribution < -0.4 is 0 Å². The van der Waals surface area contributed by atoms with Gasteiger partial charge < -0.3 is 4.57 Å². The summed E-state index contributed by atoms with van der Waals surface area (Å²) >= 11 is 0. The zero-order chi connectivity index (χ0) is 44.7. The minimum atomic E-state index is -0.759. The van der Waals surface area contributed by atoms with Crippen molar-refractivity contribution in [3.05, 3.63) is 169 Å². The summed E-state index contributed by atoms with van der Waals surface area (Å²) in [5.74, 6) is -0.137. The van der Waals surface area contributed by atoms with Crippen molar-refractivity contribution < 1.29 is 20.6 Å². The Kier molecular flexibility index (Phi) is 3.47. The summed E-state index contributed by atoms with van der Waals surface area (Å²) in [7, 11) is 0. The molecule has 48 heavy (non-hydrogen) atoms. The van der Waals surface area contributed by atoms with E-state index in [4.69, 9.17) is 23.7 Å². The van der Waals surface area contributed by atoms with E-state index in [1.807, 2.05) is 72.8 Å². The monoisotopic (exact) mass is 627 g/mol. The maximum absolute atomic E-state index is 9.74. The number of rotatable bonds is 4. The Morgan fingerprint density at radius 2 is 1.02 bits per heavy atom. The summed E-state index contributed by atoms with van der Waals surface area (Å²) in [5.41, 5.74) is 1.69. The van der Waals surface area contributed by atoms with Crippen LogP contribution in [0.2, 0.25) is 0 Å². The normalized spacial score (nSPS) is 16.1. The number of fused-ring (bicyclic) bond motifs is 8. The molecule has 0 spiro atoms. The van der Waals surface area contributed by atoms with Crippen molar-refractivity contribution in [2.45, 2.75) is 0 Å². The van der Waals surface area contributed by atoms with Crippen LogP contribution in [-0.4, -0.2) is 19.1 Å². The average Bonchev–Trinajstić information content (AvgIpc) is 3.84. The average molecular weight is 628 g/mol. The molecule has 0 fully saturated rings. The molecule has 0 aliphatic carbocycles. The maximum atomic E-state index is 9.74. The van der Waals surface area contributed by atoms with Gasteiger partial charge in [0.05, 0.1) is 53.8 Å². The SMILES string of the molecule is [2H]c1c([2H])c([2H])c(-n2c3c([2H])c([2H])c([2H])c([2H])c3c3c4c5c([2H])c([2H])c([2H])c([2H])c5n(-c5nc(-c6ccccc6)c6cc(-c7ccccc7)ccc6n5)c4c([2H])c([2H])c32)c([2H])c1[2H]. The second-order valence-corrected chi connectivity index (χ2v) is 11.1. The first-order chi connectivity index (χ1) is 30.1. The van der Waals surface area contributed by atoms with E-state index in [1.54, 1.807) is 6.07 Å². The molecule has 4 heteroatoms. The van der Waals surface area contributed by atoms with E-state index in [2.05, 4.69) is 0 Å². The van der Waals surface area contributed by atoms with Crippen molar-refractivity contribution in [3.8, 4) is 34.0 Å². The Balaban J connectivity index is 1.47. The second-order valence-electron chi connectivity index (χ2n) is 11.1. The third-order valence-corrected chi connectivity index (χ3v) is 8.50. The summed E-state index contributed by atoms with van der Waals surface area (Å²) < 4.78 is 137. The summed E-state index contributed by atoms with van der Waals surface area (Å²) in [5, 5.41) is -0.123. The molecule has 0 amide bonds. The van der Waals surface area contributed by atoms with Crippen LogP contribution in [0.1, 0.15) is 20.6 Å². The zero-order valence-electron chi connectivity index (χ0n) is 39.8. The molecule has 0 saturated carbocycles. The molecular weight excluding hydrogens is 585 g/mol. The van der Waals surface area contributed by atoms with Gasteiger partial charge in [0.15, 0.2) is 0 Å². The van der Waals surface area contributed by atoms with Gasteiger partial charge in [0.2, 0.25) is 5.95 Å². The first kappa shape index (κ1) is 15.9. The van der Waals surface area contributed by atoms with Crippen LogP contribution in [0.5, 0.6) is 0 Å². The van der Waals surface area contributed by atoms with Crippen molar-refractivity contribution in [1.29, 1.82) is 0 Å². The van der Waals surface area contributed by atoms with Gasteiger partial charge in [-0.1, -0.05) is 121 Å². The lowest BCUT2D eigenvalue weighted by molar-refractivity contribution is 1.01. The van der Waals surface area contributed by atoms with Crippen LogP contribution in [0.15, 0.2) is 169 Å². The Bertz CT molecular complexity index is 3650. The van der Waals surface area contributed by atoms with Gasteiger partial charge in [-0.05, 0) is 59.5 Å². The number of hydrogen-bond acceptors (Lipinski definition) is 2. The largest absolute Gasteiger partial charge is 0.309 e. The molecule has 0 bridgehead atoms. The van der Waals surface area contributed by atoms with Gasteiger partial charge >= 0.3 is 0 Å². The van der Waals surface area contributed by atoms with Gasteiger partial charge in [0, 0.05) is 38.2 Å². The van der Waals surface area contributed by atoms with E-state index >= 15 is 0 Å². The number of aromatic nitrogens is 4. The van der Waals surface area contributed by atoms with Crippen LogP contribution in [0.3, 0.4) is 0 Å². The molecule has 0 saturated heterocycles. The topological polar surface area (TPSA) is 35.6 Å². The summed E-state index contributed by atoms with van der Waals surface area (Å²) in [6.45, 7) is 0. The fourth-order valence-corrected chi connectivity index (χ4v) is 6.46. The molecule has 0 aliphatic heterocycles. The summed E-state index contributed by atoms with van der Waals surface area (Å²) in [4.78, 5) is 10.0. The standard InChI is InChI=1S/C44H28N4/c1-4-14-29(15-5-1)31-24-25-36-35(28-31)43(30-16-6-2-7-17-30)46-44(45-36)48-38-23-13-11-21-34(38)42-40(48)27-26-39-41(42)33-20-10-12-22-37(33)47(39)32-18-8-3-9-19-32/h1-28H/i3D,8D,9D,10D,11D,12D,13D,18D,19D,20D,21D,22D,23D,26D,27D. The van der Waals surface area contributed by atoms with Crippen LogP contribution in [0.4, 0.5) is 0 Å². The van der Waals surface area contributed by atoms with E-state index in [-0.39, 0.29) is 49.6 Å². The predicted octanol–water partition coefficient (Wildman–Crippen LogP) is 11.2. The number of nitrogens with zero attached hydrogens (tertiary/aromatic N) is 4. The van der Waals surface area contributed by atoms with E-state index in [9.17, 15) is 6.85 Å². The highest BCUT2D eigenvalue weighted by molar-refractivity contribution is 6.28. The van der Waals surface area contributed by atoms with Crippen LogP contribution in [-0.2, 0) is 0 Å². The molecule has 224 valence electrons. The zero-order valence-corrected chi connectivity index (χ0v) is 24.8. The highest BCUT2D eigenvalue weighted by Gasteiger charge is 2.22. The predicted molar refractivity (Wildman–Crippen MR) is 199 cm³/mol. The quantitative estimate of drug-likeness (QED) is 0.195. The minimum Gasteiger partial charge on any atom is -0.309 e. The van der Waals surface area contributed by atoms with E-state index < -0.39 is 96.3 Å². The highest BCUT2D eigenvalue weighted by Crippen LogP contribution is 2.42. The number of para-hydroxylation sites is 3. The molecule has 0 radical (unpaired) electrons. The van der Waals surface area contributed by atoms with Crippen LogP contribution >= 0.6 is 0 Å². The smallest absolute Gasteiger partial charge is 0.235 e. The minimum absolute atomic E-state index is 0.126. The molecule has 3 heterocycles. The van der Waals surface area contributed by atoms with Gasteiger partial charge in [-0.25, -0.2) is 9.97 Å². The summed E-state index contributed by atoms with van der Waals surface area (Å²) in [6.07, 6.45) is 0. The third kappa shape index (κ3) is 3.96. The van der Waals surface area contributed by atoms with Gasteiger partial charge in [-0.3, -0.25) is 4.57 Å². The summed E-state index contributed by atoms with van der Waals surface area (Å²) in [6, 6.07) is 14.3. The molecule has 10 rings (SSSR count). The van der Waals surface area contributed by atoms with Gasteiger partial charge in [0.1, 0.15) is 0 Å². The fraction of sp³-hybridized carbons (Fsp3) is 0. The molecule has 0 N–H and O–H groups in total. The van der Waals surface area contributed by atoms with Crippen molar-refractivity contribution in [3.63, 3.8) is 0 Å². The Morgan fingerprint density at radius 1 is 0.438 bits per heavy atom. The molecule has 0 unspecified atom stereocenters. The van der Waals surface area contributed by atoms with E-state index in [1.165, 1.54) is 4.57 Å². The molecule has 0 atom stereocenters. The lowest BCUT2D eigenvalue weighted by Crippen LogP contribution is -2.03. The first-order valence-corrected chi connectivity index (χ1v) is 15.0. The Labute approximate surface area is 297 Å². The maximum Gasteiger partial charge on any atom is 0.235 e.